The van der Waals surface area contributed by atoms with Gasteiger partial charge in [-0.05, 0) is 81.7 Å². The molecule has 0 fully saturated rings. The summed E-state index contributed by atoms with van der Waals surface area (Å²) in [4.78, 5) is 13.7. The Morgan fingerprint density at radius 1 is 0.274 bits per heavy atom. The first kappa shape index (κ1) is 41.4. The van der Waals surface area contributed by atoms with E-state index in [2.05, 4.69) is 173 Å². The third-order valence-electron chi connectivity index (χ3n) is 10.8. The summed E-state index contributed by atoms with van der Waals surface area (Å²) in [7, 11) is 0. The summed E-state index contributed by atoms with van der Waals surface area (Å²) in [5.41, 5.74) is 19.0. The maximum atomic E-state index is 4.56. The zero-order valence-corrected chi connectivity index (χ0v) is 36.4. The van der Waals surface area contributed by atoms with Crippen molar-refractivity contribution in [1.82, 2.24) is 15.0 Å². The summed E-state index contributed by atoms with van der Waals surface area (Å²) in [5, 5.41) is 0. The Bertz CT molecular complexity index is 2690. The van der Waals surface area contributed by atoms with E-state index in [1.807, 2.05) is 79.3 Å². The van der Waals surface area contributed by atoms with Gasteiger partial charge >= 0.3 is 0 Å². The second-order valence-electron chi connectivity index (χ2n) is 14.6. The van der Waals surface area contributed by atoms with Crippen LogP contribution < -0.4 is 0 Å². The van der Waals surface area contributed by atoms with Crippen LogP contribution in [0.4, 0.5) is 0 Å². The molecule has 4 heteroatoms. The molecule has 0 saturated carbocycles. The Hall–Kier alpha value is -7.36. The molecular weight excluding hydrogens is 931 g/mol. The van der Waals surface area contributed by atoms with Crippen LogP contribution in [0.15, 0.2) is 219 Å². The van der Waals surface area contributed by atoms with Crippen LogP contribution in [0.3, 0.4) is 0 Å². The van der Waals surface area contributed by atoms with Crippen LogP contribution in [-0.4, -0.2) is 15.0 Å². The summed E-state index contributed by atoms with van der Waals surface area (Å²) in [5.74, 6) is 0. The first-order valence-corrected chi connectivity index (χ1v) is 20.0. The molecule has 10 aromatic rings. The largest absolute Gasteiger partial charge is 0.358 e. The molecule has 0 spiro atoms. The number of nitrogens with zero attached hydrogens (tertiary/aromatic N) is 3. The molecule has 299 valence electrons. The first-order chi connectivity index (χ1) is 29.7. The quantitative estimate of drug-likeness (QED) is 0.135. The van der Waals surface area contributed by atoms with Crippen LogP contribution in [0.2, 0.25) is 0 Å². The van der Waals surface area contributed by atoms with Gasteiger partial charge in [0.1, 0.15) is 0 Å². The van der Waals surface area contributed by atoms with Crippen LogP contribution in [0.1, 0.15) is 0 Å². The molecule has 0 saturated heterocycles. The number of hydrogen-bond donors (Lipinski definition) is 0. The molecule has 3 nitrogen and oxygen atoms in total. The molecule has 0 N–H and O–H groups in total. The van der Waals surface area contributed by atoms with Crippen molar-refractivity contribution >= 4 is 0 Å². The van der Waals surface area contributed by atoms with E-state index in [0.717, 1.165) is 101 Å². The smallest absolute Gasteiger partial charge is 0.0288 e. The molecule has 0 amide bonds. The average Bonchev–Trinajstić information content (AvgIpc) is 3.35. The Morgan fingerprint density at radius 3 is 0.968 bits per heavy atom. The third kappa shape index (κ3) is 8.62. The van der Waals surface area contributed by atoms with Crippen molar-refractivity contribution in [3.63, 3.8) is 0 Å². The fourth-order valence-corrected chi connectivity index (χ4v) is 7.87. The van der Waals surface area contributed by atoms with E-state index in [0.29, 0.717) is 0 Å². The van der Waals surface area contributed by atoms with Crippen LogP contribution >= 0.6 is 0 Å². The molecule has 0 aliphatic heterocycles. The number of pyridine rings is 3. The van der Waals surface area contributed by atoms with Crippen molar-refractivity contribution in [2.24, 2.45) is 0 Å². The molecule has 3 heterocycles. The predicted molar refractivity (Wildman–Crippen MR) is 252 cm³/mol. The van der Waals surface area contributed by atoms with Gasteiger partial charge in [0.2, 0.25) is 0 Å². The van der Waals surface area contributed by atoms with E-state index >= 15 is 0 Å². The van der Waals surface area contributed by atoms with Gasteiger partial charge in [-0.1, -0.05) is 142 Å². The second-order valence-corrected chi connectivity index (χ2v) is 14.6. The van der Waals surface area contributed by atoms with Crippen molar-refractivity contribution < 1.29 is 20.1 Å². The molecule has 62 heavy (non-hydrogen) atoms. The Kier molecular flexibility index (Phi) is 12.6. The molecule has 0 aliphatic carbocycles. The maximum absolute atomic E-state index is 4.56. The molecule has 0 bridgehead atoms. The fourth-order valence-electron chi connectivity index (χ4n) is 7.87. The Labute approximate surface area is 377 Å². The SMILES string of the molecule is [CH3-].[Ir].[c-]1cc(-c2ccccc2-c2cc(-c3ccccc3-c3[c-]cc(-c4ccccn4)cc3)cc(-c3ccccc3-c3c[c-]c(-c4ccccn4)cc3)c2)ccc1-c1ccccn1. The van der Waals surface area contributed by atoms with Crippen LogP contribution in [-0.2, 0) is 20.1 Å². The Balaban J connectivity index is 0.00000264. The molecule has 1 radical (unpaired) electrons. The van der Waals surface area contributed by atoms with E-state index in [-0.39, 0.29) is 27.5 Å². The van der Waals surface area contributed by atoms with Crippen LogP contribution in [0, 0.1) is 25.6 Å². The molecular formula is C58H39IrN3-4. The topological polar surface area (TPSA) is 38.7 Å². The molecule has 0 unspecified atom stereocenters. The van der Waals surface area contributed by atoms with Gasteiger partial charge in [-0.15, -0.1) is 89.5 Å². The number of aromatic nitrogens is 3. The summed E-state index contributed by atoms with van der Waals surface area (Å²) in [6.07, 6.45) is 5.46. The van der Waals surface area contributed by atoms with Gasteiger partial charge in [0, 0.05) is 44.4 Å². The third-order valence-corrected chi connectivity index (χ3v) is 10.8. The molecule has 10 rings (SSSR count). The van der Waals surface area contributed by atoms with E-state index in [9.17, 15) is 0 Å². The fraction of sp³-hybridized carbons (Fsp3) is 0. The standard InChI is InChI=1S/C57H36N3.CH3.Ir/c1-4-16-52(49(13-1)40-22-28-43(29-23-40)55-19-7-10-34-58-55)46-37-47(53-17-5-2-14-50(53)41-24-30-44(31-25-41)56-20-8-11-35-59-56)39-48(38-46)54-18-6-3-15-51(54)42-26-32-45(33-27-42)57-21-9-12-36-60-57;;/h1-26,28,30,32-39H;1H3;/q-3;-1;. The average molecular weight is 970 g/mol. The van der Waals surface area contributed by atoms with Crippen molar-refractivity contribution in [2.45, 2.75) is 0 Å². The van der Waals surface area contributed by atoms with Crippen molar-refractivity contribution in [1.29, 1.82) is 0 Å². The van der Waals surface area contributed by atoms with Gasteiger partial charge in [-0.3, -0.25) is 4.98 Å². The van der Waals surface area contributed by atoms with Crippen LogP contribution in [0.25, 0.3) is 101 Å². The zero-order chi connectivity index (χ0) is 40.1. The van der Waals surface area contributed by atoms with Crippen LogP contribution in [0.5, 0.6) is 0 Å². The summed E-state index contributed by atoms with van der Waals surface area (Å²) < 4.78 is 0. The minimum atomic E-state index is 0. The summed E-state index contributed by atoms with van der Waals surface area (Å²) >= 11 is 0. The Morgan fingerprint density at radius 2 is 0.597 bits per heavy atom. The first-order valence-electron chi connectivity index (χ1n) is 20.0. The van der Waals surface area contributed by atoms with Gasteiger partial charge < -0.3 is 17.4 Å². The van der Waals surface area contributed by atoms with Gasteiger partial charge in [-0.25, -0.2) is 0 Å². The minimum Gasteiger partial charge on any atom is -0.358 e. The molecule has 0 aliphatic rings. The van der Waals surface area contributed by atoms with Crippen molar-refractivity contribution in [3.05, 3.63) is 244 Å². The number of hydrogen-bond acceptors (Lipinski definition) is 3. The zero-order valence-electron chi connectivity index (χ0n) is 34.0. The maximum Gasteiger partial charge on any atom is 0.0288 e. The van der Waals surface area contributed by atoms with E-state index in [1.54, 1.807) is 0 Å². The number of benzene rings is 7. The van der Waals surface area contributed by atoms with E-state index in [4.69, 9.17) is 0 Å². The van der Waals surface area contributed by atoms with E-state index in [1.165, 1.54) is 0 Å². The van der Waals surface area contributed by atoms with E-state index < -0.39 is 0 Å². The second kappa shape index (κ2) is 18.9. The normalized spacial score (nSPS) is 10.6. The number of rotatable bonds is 9. The monoisotopic (exact) mass is 970 g/mol. The van der Waals surface area contributed by atoms with Gasteiger partial charge in [0.15, 0.2) is 0 Å². The van der Waals surface area contributed by atoms with Gasteiger partial charge in [0.05, 0.1) is 0 Å². The van der Waals surface area contributed by atoms with Gasteiger partial charge in [-0.2, -0.15) is 0 Å². The van der Waals surface area contributed by atoms with Crippen molar-refractivity contribution in [3.8, 4) is 101 Å². The predicted octanol–water partition coefficient (Wildman–Crippen LogP) is 14.7. The minimum absolute atomic E-state index is 0. The van der Waals surface area contributed by atoms with Gasteiger partial charge in [0.25, 0.3) is 0 Å². The molecule has 0 atom stereocenters. The molecule has 7 aromatic carbocycles. The summed E-state index contributed by atoms with van der Waals surface area (Å²) in [6, 6.07) is 80.4. The summed E-state index contributed by atoms with van der Waals surface area (Å²) in [6.45, 7) is 0. The van der Waals surface area contributed by atoms with Crippen molar-refractivity contribution in [2.75, 3.05) is 0 Å². The molecule has 3 aromatic heterocycles.